The normalized spacial score (nSPS) is 10.4. The largest absolute Gasteiger partial charge is 0.505 e. The van der Waals surface area contributed by atoms with Gasteiger partial charge in [0.2, 0.25) is 0 Å². The molecule has 0 aliphatic rings. The molecule has 0 spiro atoms. The predicted octanol–water partition coefficient (Wildman–Crippen LogP) is 4.67. The molecule has 0 aliphatic heterocycles. The number of carbonyl (C=O) groups is 1. The highest BCUT2D eigenvalue weighted by Gasteiger charge is 2.12. The van der Waals surface area contributed by atoms with E-state index in [1.807, 2.05) is 0 Å². The van der Waals surface area contributed by atoms with Gasteiger partial charge in [-0.1, -0.05) is 34.8 Å². The average Bonchev–Trinajstić information content (AvgIpc) is 2.72. The zero-order chi connectivity index (χ0) is 13.3. The lowest BCUT2D eigenvalue weighted by Crippen LogP contribution is -2.09. The second kappa shape index (κ2) is 5.36. The average molecular weight is 323 g/mol. The fraction of sp³-hybridized carbons (Fsp3) is 0. The van der Waals surface area contributed by atoms with E-state index in [0.717, 1.165) is 11.3 Å². The maximum absolute atomic E-state index is 11.8. The molecule has 2 rings (SSSR count). The highest BCUT2D eigenvalue weighted by Crippen LogP contribution is 2.35. The van der Waals surface area contributed by atoms with Crippen molar-refractivity contribution in [2.45, 2.75) is 0 Å². The summed E-state index contributed by atoms with van der Waals surface area (Å²) in [5.74, 6) is -0.528. The number of amides is 1. The van der Waals surface area contributed by atoms with Crippen LogP contribution < -0.4 is 5.32 Å². The molecule has 0 saturated carbocycles. The summed E-state index contributed by atoms with van der Waals surface area (Å²) >= 11 is 18.4. The smallest absolute Gasteiger partial charge is 0.265 e. The predicted molar refractivity (Wildman–Crippen MR) is 75.4 cm³/mol. The molecule has 2 aromatic rings. The van der Waals surface area contributed by atoms with Gasteiger partial charge >= 0.3 is 0 Å². The van der Waals surface area contributed by atoms with Crippen LogP contribution in [0.15, 0.2) is 24.3 Å². The Morgan fingerprint density at radius 1 is 1.17 bits per heavy atom. The van der Waals surface area contributed by atoms with Crippen molar-refractivity contribution < 1.29 is 9.90 Å². The second-order valence-electron chi connectivity index (χ2n) is 3.35. The number of hydrogen-bond acceptors (Lipinski definition) is 3. The molecule has 94 valence electrons. The molecule has 0 aliphatic carbocycles. The molecule has 3 nitrogen and oxygen atoms in total. The molecular formula is C11H6Cl3NO2S. The summed E-state index contributed by atoms with van der Waals surface area (Å²) in [6.07, 6.45) is 0. The van der Waals surface area contributed by atoms with E-state index in [2.05, 4.69) is 5.32 Å². The van der Waals surface area contributed by atoms with Crippen molar-refractivity contribution in [3.05, 3.63) is 43.5 Å². The Kier molecular flexibility index (Phi) is 4.02. The van der Waals surface area contributed by atoms with E-state index in [0.29, 0.717) is 14.9 Å². The van der Waals surface area contributed by atoms with Crippen molar-refractivity contribution >= 4 is 57.7 Å². The van der Waals surface area contributed by atoms with E-state index in [9.17, 15) is 9.90 Å². The molecule has 7 heteroatoms. The molecule has 1 aromatic heterocycles. The number of nitrogens with one attached hydrogen (secondary N) is 1. The molecule has 0 fully saturated rings. The summed E-state index contributed by atoms with van der Waals surface area (Å²) < 4.78 is 0.530. The minimum Gasteiger partial charge on any atom is -0.505 e. The molecule has 0 atom stereocenters. The fourth-order valence-corrected chi connectivity index (χ4v) is 2.69. The Hall–Kier alpha value is -0.940. The molecule has 0 unspecified atom stereocenters. The van der Waals surface area contributed by atoms with Crippen LogP contribution in [0.5, 0.6) is 5.75 Å². The number of halogens is 3. The van der Waals surface area contributed by atoms with Crippen LogP contribution in [-0.2, 0) is 0 Å². The number of rotatable bonds is 2. The number of thiophene rings is 1. The Labute approximate surface area is 122 Å². The van der Waals surface area contributed by atoms with Crippen molar-refractivity contribution in [3.8, 4) is 5.75 Å². The maximum Gasteiger partial charge on any atom is 0.265 e. The monoisotopic (exact) mass is 321 g/mol. The van der Waals surface area contributed by atoms with Crippen molar-refractivity contribution in [2.75, 3.05) is 5.32 Å². The highest BCUT2D eigenvalue weighted by atomic mass is 35.5. The lowest BCUT2D eigenvalue weighted by atomic mass is 10.3. The third-order valence-electron chi connectivity index (χ3n) is 2.07. The second-order valence-corrected chi connectivity index (χ2v) is 5.88. The van der Waals surface area contributed by atoms with Gasteiger partial charge in [-0.25, -0.2) is 0 Å². The standard InChI is InChI=1S/C11H6Cl3NO2S/c12-6-3-5(4-7(13)10(6)16)15-11(17)8-1-2-9(14)18-8/h1-4,16H,(H,15,17). The summed E-state index contributed by atoms with van der Waals surface area (Å²) in [5.41, 5.74) is 0.400. The van der Waals surface area contributed by atoms with Crippen LogP contribution in [0.4, 0.5) is 5.69 Å². The number of phenolic OH excluding ortho intramolecular Hbond substituents is 1. The molecular weight excluding hydrogens is 317 g/mol. The Balaban J connectivity index is 2.22. The van der Waals surface area contributed by atoms with Crippen LogP contribution in [0, 0.1) is 0 Å². The third kappa shape index (κ3) is 2.90. The molecule has 1 heterocycles. The van der Waals surface area contributed by atoms with Crippen LogP contribution in [0.1, 0.15) is 9.67 Å². The van der Waals surface area contributed by atoms with Crippen LogP contribution in [0.2, 0.25) is 14.4 Å². The zero-order valence-electron chi connectivity index (χ0n) is 8.71. The molecule has 1 aromatic carbocycles. The van der Waals surface area contributed by atoms with Crippen LogP contribution in [0.25, 0.3) is 0 Å². The van der Waals surface area contributed by atoms with Gasteiger partial charge in [-0.3, -0.25) is 4.79 Å². The van der Waals surface area contributed by atoms with E-state index in [1.165, 1.54) is 12.1 Å². The van der Waals surface area contributed by atoms with E-state index in [1.54, 1.807) is 12.1 Å². The molecule has 0 radical (unpaired) electrons. The summed E-state index contributed by atoms with van der Waals surface area (Å²) in [7, 11) is 0. The van der Waals surface area contributed by atoms with Crippen molar-refractivity contribution in [1.82, 2.24) is 0 Å². The van der Waals surface area contributed by atoms with Crippen LogP contribution >= 0.6 is 46.1 Å². The molecule has 0 bridgehead atoms. The van der Waals surface area contributed by atoms with Crippen molar-refractivity contribution in [1.29, 1.82) is 0 Å². The zero-order valence-corrected chi connectivity index (χ0v) is 11.8. The summed E-state index contributed by atoms with van der Waals surface area (Å²) in [6.45, 7) is 0. The van der Waals surface area contributed by atoms with Crippen molar-refractivity contribution in [2.24, 2.45) is 0 Å². The molecule has 18 heavy (non-hydrogen) atoms. The topological polar surface area (TPSA) is 49.3 Å². The number of carbonyl (C=O) groups excluding carboxylic acids is 1. The lowest BCUT2D eigenvalue weighted by molar-refractivity contribution is 0.103. The van der Waals surface area contributed by atoms with Gasteiger partial charge in [-0.2, -0.15) is 0 Å². The summed E-state index contributed by atoms with van der Waals surface area (Å²) in [4.78, 5) is 12.3. The Morgan fingerprint density at radius 2 is 1.78 bits per heavy atom. The number of hydrogen-bond donors (Lipinski definition) is 2. The lowest BCUT2D eigenvalue weighted by Gasteiger charge is -2.06. The SMILES string of the molecule is O=C(Nc1cc(Cl)c(O)c(Cl)c1)c1ccc(Cl)s1. The van der Waals surface area contributed by atoms with Crippen molar-refractivity contribution in [3.63, 3.8) is 0 Å². The van der Waals surface area contributed by atoms with Gasteiger partial charge in [0.1, 0.15) is 0 Å². The molecule has 0 saturated heterocycles. The minimum absolute atomic E-state index is 0.0713. The van der Waals surface area contributed by atoms with Gasteiger partial charge in [-0.05, 0) is 24.3 Å². The molecule has 1 amide bonds. The minimum atomic E-state index is -0.315. The van der Waals surface area contributed by atoms with Gasteiger partial charge in [0.15, 0.2) is 5.75 Å². The maximum atomic E-state index is 11.8. The van der Waals surface area contributed by atoms with Crippen LogP contribution in [-0.4, -0.2) is 11.0 Å². The van der Waals surface area contributed by atoms with Crippen LogP contribution in [0.3, 0.4) is 0 Å². The summed E-state index contributed by atoms with van der Waals surface area (Å²) in [6, 6.07) is 6.08. The highest BCUT2D eigenvalue weighted by molar-refractivity contribution is 7.18. The van der Waals surface area contributed by atoms with E-state index < -0.39 is 0 Å². The fourth-order valence-electron chi connectivity index (χ4n) is 1.27. The van der Waals surface area contributed by atoms with Gasteiger partial charge in [0.05, 0.1) is 19.3 Å². The molecule has 2 N–H and O–H groups in total. The van der Waals surface area contributed by atoms with Gasteiger partial charge in [-0.15, -0.1) is 11.3 Å². The Bertz CT molecular complexity index is 589. The van der Waals surface area contributed by atoms with E-state index in [4.69, 9.17) is 34.8 Å². The number of phenols is 1. The summed E-state index contributed by atoms with van der Waals surface area (Å²) in [5, 5.41) is 12.1. The van der Waals surface area contributed by atoms with Gasteiger partial charge < -0.3 is 10.4 Å². The Morgan fingerprint density at radius 3 is 2.28 bits per heavy atom. The number of anilines is 1. The van der Waals surface area contributed by atoms with Gasteiger partial charge in [0.25, 0.3) is 5.91 Å². The first-order valence-corrected chi connectivity index (χ1v) is 6.67. The first kappa shape index (κ1) is 13.5. The van der Waals surface area contributed by atoms with Gasteiger partial charge in [0, 0.05) is 5.69 Å². The number of aromatic hydroxyl groups is 1. The van der Waals surface area contributed by atoms with E-state index >= 15 is 0 Å². The quantitative estimate of drug-likeness (QED) is 0.790. The third-order valence-corrected chi connectivity index (χ3v) is 3.88. The number of benzene rings is 1. The first-order chi connectivity index (χ1) is 8.47. The van der Waals surface area contributed by atoms with E-state index in [-0.39, 0.29) is 21.7 Å². The first-order valence-electron chi connectivity index (χ1n) is 4.72.